The van der Waals surface area contributed by atoms with Gasteiger partial charge in [0.15, 0.2) is 10.9 Å². The van der Waals surface area contributed by atoms with Gasteiger partial charge >= 0.3 is 30.9 Å². The number of hydrogen-bond donors (Lipinski definition) is 4. The number of amides is 2. The molecule has 4 aromatic rings. The maximum atomic E-state index is 15.6. The number of pyridine rings is 1. The summed E-state index contributed by atoms with van der Waals surface area (Å²) in [4.78, 5) is 38.9. The third kappa shape index (κ3) is 5.71. The predicted octanol–water partition coefficient (Wildman–Crippen LogP) is 3.08. The first-order valence-corrected chi connectivity index (χ1v) is 10.8. The molecule has 0 fully saturated rings. The molecule has 4 rings (SSSR count). The zero-order valence-electron chi connectivity index (χ0n) is 17.6. The second kappa shape index (κ2) is 11.2. The molecule has 0 aliphatic carbocycles. The van der Waals surface area contributed by atoms with Crippen LogP contribution in [0.1, 0.15) is 6.92 Å². The van der Waals surface area contributed by atoms with Crippen LogP contribution in [0.4, 0.5) is 24.7 Å². The van der Waals surface area contributed by atoms with Gasteiger partial charge in [-0.25, -0.2) is 28.5 Å². The molecule has 0 bridgehead atoms. The number of rotatable bonds is 7. The van der Waals surface area contributed by atoms with Crippen LogP contribution in [0.2, 0.25) is 0 Å². The predicted molar refractivity (Wildman–Crippen MR) is 130 cm³/mol. The molecule has 14 heteroatoms. The summed E-state index contributed by atoms with van der Waals surface area (Å²) in [6.07, 6.45) is 4.02. The summed E-state index contributed by atoms with van der Waals surface area (Å²) in [6, 6.07) is 3.58. The quantitative estimate of drug-likeness (QED) is 0.288. The van der Waals surface area contributed by atoms with Crippen LogP contribution in [0.15, 0.2) is 36.8 Å². The van der Waals surface area contributed by atoms with Gasteiger partial charge in [-0.3, -0.25) is 15.1 Å². The molecule has 35 heavy (non-hydrogen) atoms. The number of urea groups is 1. The Balaban J connectivity index is 0.00000342. The van der Waals surface area contributed by atoms with E-state index < -0.39 is 23.6 Å². The van der Waals surface area contributed by atoms with Crippen LogP contribution in [-0.4, -0.2) is 69.0 Å². The number of halogens is 2. The number of carbonyl (C=O) groups excluding carboxylic acids is 1. The van der Waals surface area contributed by atoms with E-state index in [2.05, 4.69) is 35.9 Å². The van der Waals surface area contributed by atoms with E-state index in [-0.39, 0.29) is 64.4 Å². The average molecular weight is 493 g/mol. The fraction of sp³-hybridized carbons (Fsp3) is 0.143. The summed E-state index contributed by atoms with van der Waals surface area (Å²) in [7, 11) is 0. The molecular formula is C21H18F2LiN7O3S. The van der Waals surface area contributed by atoms with E-state index in [0.29, 0.717) is 11.2 Å². The first-order chi connectivity index (χ1) is 16.4. The molecule has 0 unspecified atom stereocenters. The number of fused-ring (bicyclic) bond motifs is 1. The van der Waals surface area contributed by atoms with E-state index in [0.717, 1.165) is 11.3 Å². The molecule has 10 nitrogen and oxygen atoms in total. The fourth-order valence-electron chi connectivity index (χ4n) is 3.09. The number of carboxylic acids is 1. The number of hydrogen-bond acceptors (Lipinski definition) is 8. The van der Waals surface area contributed by atoms with Crippen molar-refractivity contribution in [2.45, 2.75) is 6.92 Å². The van der Waals surface area contributed by atoms with Crippen LogP contribution in [0.25, 0.3) is 32.6 Å². The van der Waals surface area contributed by atoms with Crippen LogP contribution in [0.3, 0.4) is 0 Å². The SMILES string of the molecule is CCNC(=O)Nc1nc2c(F)c(-c3cnc(NCC(=O)O)nc3)cc(-c3ncccc3F)c2s1.[LiH]. The Kier molecular flexibility index (Phi) is 8.29. The van der Waals surface area contributed by atoms with Gasteiger partial charge in [0.05, 0.1) is 4.70 Å². The van der Waals surface area contributed by atoms with Crippen molar-refractivity contribution >= 4 is 63.5 Å². The Hall–Kier alpha value is -3.66. The van der Waals surface area contributed by atoms with Crippen molar-refractivity contribution in [1.29, 1.82) is 0 Å². The molecule has 2 amide bonds. The Morgan fingerprint density at radius 3 is 2.54 bits per heavy atom. The molecule has 176 valence electrons. The fourth-order valence-corrected chi connectivity index (χ4v) is 4.06. The standard InChI is InChI=1S/C21H17F2N7O3S.Li.H/c1-2-24-20(33)30-21-29-17-15(23)11(10-7-26-19(27-8-10)28-9-14(31)32)6-12(18(17)34-21)16-13(22)4-3-5-25-16;;/h3-8H,2,9H2,1H3,(H,31,32)(H,26,27,28)(H2,24,29,30,33);;. The molecule has 0 radical (unpaired) electrons. The number of anilines is 2. The van der Waals surface area contributed by atoms with Crippen molar-refractivity contribution in [3.63, 3.8) is 0 Å². The van der Waals surface area contributed by atoms with Gasteiger partial charge < -0.3 is 15.7 Å². The number of aromatic nitrogens is 4. The number of benzene rings is 1. The van der Waals surface area contributed by atoms with Crippen molar-refractivity contribution in [3.8, 4) is 22.4 Å². The van der Waals surface area contributed by atoms with Crippen molar-refractivity contribution in [3.05, 3.63) is 48.4 Å². The second-order valence-electron chi connectivity index (χ2n) is 6.84. The van der Waals surface area contributed by atoms with Crippen LogP contribution < -0.4 is 16.0 Å². The summed E-state index contributed by atoms with van der Waals surface area (Å²) in [6.45, 7) is 1.75. The molecule has 0 saturated heterocycles. The molecular weight excluding hydrogens is 475 g/mol. The van der Waals surface area contributed by atoms with Crippen molar-refractivity contribution in [1.82, 2.24) is 25.3 Å². The van der Waals surface area contributed by atoms with Gasteiger partial charge in [-0.05, 0) is 25.1 Å². The van der Waals surface area contributed by atoms with Gasteiger partial charge in [0.25, 0.3) is 0 Å². The number of nitrogens with zero attached hydrogens (tertiary/aromatic N) is 4. The normalized spacial score (nSPS) is 10.5. The molecule has 3 aromatic heterocycles. The third-order valence-electron chi connectivity index (χ3n) is 4.54. The van der Waals surface area contributed by atoms with E-state index in [9.17, 15) is 14.0 Å². The van der Waals surface area contributed by atoms with Gasteiger partial charge in [0.2, 0.25) is 5.95 Å². The van der Waals surface area contributed by atoms with E-state index in [1.54, 1.807) is 6.92 Å². The van der Waals surface area contributed by atoms with Gasteiger partial charge in [-0.15, -0.1) is 0 Å². The van der Waals surface area contributed by atoms with Gasteiger partial charge in [-0.2, -0.15) is 0 Å². The second-order valence-corrected chi connectivity index (χ2v) is 7.84. The topological polar surface area (TPSA) is 142 Å². The molecule has 4 N–H and O–H groups in total. The van der Waals surface area contributed by atoms with Crippen molar-refractivity contribution < 1.29 is 23.5 Å². The molecule has 0 aliphatic heterocycles. The van der Waals surface area contributed by atoms with E-state index in [1.165, 1.54) is 36.8 Å². The Morgan fingerprint density at radius 1 is 1.14 bits per heavy atom. The third-order valence-corrected chi connectivity index (χ3v) is 5.54. The van der Waals surface area contributed by atoms with Crippen LogP contribution in [-0.2, 0) is 4.79 Å². The van der Waals surface area contributed by atoms with Gasteiger partial charge in [0, 0.05) is 41.8 Å². The molecule has 0 spiro atoms. The first-order valence-electron chi connectivity index (χ1n) is 9.94. The summed E-state index contributed by atoms with van der Waals surface area (Å²) in [5, 5.41) is 16.5. The number of carbonyl (C=O) groups is 2. The molecule has 1 aromatic carbocycles. The average Bonchev–Trinajstić information content (AvgIpc) is 3.23. The Bertz CT molecular complexity index is 1390. The zero-order chi connectivity index (χ0) is 24.2. The number of carboxylic acid groups (broad SMARTS) is 1. The van der Waals surface area contributed by atoms with Crippen LogP contribution in [0, 0.1) is 11.6 Å². The minimum absolute atomic E-state index is 0. The molecule has 0 aliphatic rings. The Morgan fingerprint density at radius 2 is 1.89 bits per heavy atom. The minimum atomic E-state index is -1.09. The molecule has 0 atom stereocenters. The molecule has 3 heterocycles. The van der Waals surface area contributed by atoms with E-state index in [4.69, 9.17) is 5.11 Å². The first kappa shape index (κ1) is 26.0. The summed E-state index contributed by atoms with van der Waals surface area (Å²) >= 11 is 0.985. The zero-order valence-corrected chi connectivity index (χ0v) is 18.4. The van der Waals surface area contributed by atoms with Gasteiger partial charge in [0.1, 0.15) is 23.6 Å². The van der Waals surface area contributed by atoms with Crippen LogP contribution in [0.5, 0.6) is 0 Å². The van der Waals surface area contributed by atoms with Crippen LogP contribution >= 0.6 is 11.3 Å². The summed E-state index contributed by atoms with van der Waals surface area (Å²) < 4.78 is 30.5. The number of thiazole rings is 1. The summed E-state index contributed by atoms with van der Waals surface area (Å²) in [5.41, 5.74) is 0.473. The number of nitrogens with one attached hydrogen (secondary N) is 3. The maximum absolute atomic E-state index is 15.6. The Labute approximate surface area is 213 Å². The molecule has 0 saturated carbocycles. The monoisotopic (exact) mass is 493 g/mol. The summed E-state index contributed by atoms with van der Waals surface area (Å²) in [5.74, 6) is -2.37. The van der Waals surface area contributed by atoms with E-state index >= 15 is 4.39 Å². The van der Waals surface area contributed by atoms with Crippen molar-refractivity contribution in [2.75, 3.05) is 23.7 Å². The van der Waals surface area contributed by atoms with Crippen molar-refractivity contribution in [2.24, 2.45) is 0 Å². The van der Waals surface area contributed by atoms with E-state index in [1.807, 2.05) is 0 Å². The van der Waals surface area contributed by atoms with Gasteiger partial charge in [-0.1, -0.05) is 11.3 Å². The number of aliphatic carboxylic acids is 1.